The van der Waals surface area contributed by atoms with E-state index in [9.17, 15) is 8.42 Å². The molecule has 0 spiro atoms. The first-order chi connectivity index (χ1) is 11.4. The van der Waals surface area contributed by atoms with Gasteiger partial charge in [0.2, 0.25) is 10.0 Å². The van der Waals surface area contributed by atoms with Gasteiger partial charge in [0, 0.05) is 13.1 Å². The second kappa shape index (κ2) is 6.61. The zero-order chi connectivity index (χ0) is 17.3. The van der Waals surface area contributed by atoms with Gasteiger partial charge in [0.15, 0.2) is 11.6 Å². The average Bonchev–Trinajstić information content (AvgIpc) is 3.11. The molecular weight excluding hydrogens is 336 g/mol. The maximum absolute atomic E-state index is 12.8. The van der Waals surface area contributed by atoms with Crippen LogP contribution < -0.4 is 0 Å². The first-order valence-electron chi connectivity index (χ1n) is 7.71. The second-order valence-corrected chi connectivity index (χ2v) is 7.70. The van der Waals surface area contributed by atoms with Gasteiger partial charge in [-0.1, -0.05) is 10.3 Å². The van der Waals surface area contributed by atoms with Gasteiger partial charge >= 0.3 is 0 Å². The fourth-order valence-electron chi connectivity index (χ4n) is 2.82. The number of sulfonamides is 1. The molecule has 0 bridgehead atoms. The van der Waals surface area contributed by atoms with E-state index in [-0.39, 0.29) is 24.2 Å². The first-order valence-corrected chi connectivity index (χ1v) is 9.15. The van der Waals surface area contributed by atoms with Crippen molar-refractivity contribution in [1.29, 1.82) is 0 Å². The summed E-state index contributed by atoms with van der Waals surface area (Å²) in [6.07, 6.45) is 1.28. The molecule has 0 saturated carbocycles. The van der Waals surface area contributed by atoms with Crippen LogP contribution >= 0.6 is 0 Å². The summed E-state index contributed by atoms with van der Waals surface area (Å²) in [4.78, 5) is 4.22. The van der Waals surface area contributed by atoms with E-state index < -0.39 is 10.0 Å². The summed E-state index contributed by atoms with van der Waals surface area (Å²) in [6, 6.07) is 0. The number of nitrogens with zero attached hydrogens (tertiary/aromatic N) is 4. The molecular formula is C14H20N4O5S. The van der Waals surface area contributed by atoms with Gasteiger partial charge in [0.25, 0.3) is 5.89 Å². The summed E-state index contributed by atoms with van der Waals surface area (Å²) in [5, 5.41) is 7.43. The molecule has 3 heterocycles. The van der Waals surface area contributed by atoms with Gasteiger partial charge in [0.1, 0.15) is 17.2 Å². The van der Waals surface area contributed by atoms with Crippen molar-refractivity contribution < 1.29 is 22.2 Å². The topological polar surface area (TPSA) is 112 Å². The van der Waals surface area contributed by atoms with E-state index in [4.69, 9.17) is 13.8 Å². The van der Waals surface area contributed by atoms with Crippen molar-refractivity contribution in [2.75, 3.05) is 13.1 Å². The first kappa shape index (κ1) is 17.1. The standard InChI is InChI=1S/C14H20N4O5S/c1-9-14(10(2)22-16-9)24(19,20)18-6-4-5-12(7-18)21-8-13-15-11(3)17-23-13/h12H,4-8H2,1-3H3. The van der Waals surface area contributed by atoms with E-state index in [1.54, 1.807) is 20.8 Å². The Hall–Kier alpha value is -1.78. The second-order valence-electron chi connectivity index (χ2n) is 5.83. The quantitative estimate of drug-likeness (QED) is 0.789. The van der Waals surface area contributed by atoms with Gasteiger partial charge in [-0.15, -0.1) is 0 Å². The minimum atomic E-state index is -3.65. The Kier molecular flexibility index (Phi) is 4.70. The summed E-state index contributed by atoms with van der Waals surface area (Å²) in [5.74, 6) is 1.23. The number of hydrogen-bond acceptors (Lipinski definition) is 8. The van der Waals surface area contributed by atoms with Gasteiger partial charge in [-0.05, 0) is 33.6 Å². The molecule has 0 radical (unpaired) electrons. The average molecular weight is 356 g/mol. The van der Waals surface area contributed by atoms with E-state index in [0.29, 0.717) is 29.7 Å². The third kappa shape index (κ3) is 3.35. The van der Waals surface area contributed by atoms with Crippen LogP contribution in [-0.2, 0) is 21.4 Å². The Labute approximate surface area is 140 Å². The lowest BCUT2D eigenvalue weighted by atomic mass is 10.1. The van der Waals surface area contributed by atoms with E-state index in [0.717, 1.165) is 12.8 Å². The number of aromatic nitrogens is 3. The molecule has 132 valence electrons. The molecule has 0 aliphatic carbocycles. The molecule has 0 aromatic carbocycles. The van der Waals surface area contributed by atoms with Crippen LogP contribution in [0.15, 0.2) is 13.9 Å². The van der Waals surface area contributed by atoms with E-state index in [1.165, 1.54) is 4.31 Å². The van der Waals surface area contributed by atoms with Crippen LogP contribution in [0, 0.1) is 20.8 Å². The van der Waals surface area contributed by atoms with Gasteiger partial charge < -0.3 is 13.8 Å². The van der Waals surface area contributed by atoms with Gasteiger partial charge in [-0.25, -0.2) is 8.42 Å². The number of aryl methyl sites for hydroxylation is 3. The zero-order valence-electron chi connectivity index (χ0n) is 13.9. The van der Waals surface area contributed by atoms with Crippen molar-refractivity contribution in [2.24, 2.45) is 0 Å². The van der Waals surface area contributed by atoms with E-state index in [1.807, 2.05) is 0 Å². The molecule has 2 aromatic rings. The Bertz CT molecular complexity index is 793. The number of hydrogen-bond donors (Lipinski definition) is 0. The number of piperidine rings is 1. The highest BCUT2D eigenvalue weighted by molar-refractivity contribution is 7.89. The van der Waals surface area contributed by atoms with Crippen LogP contribution in [0.3, 0.4) is 0 Å². The summed E-state index contributed by atoms with van der Waals surface area (Å²) in [5.41, 5.74) is 0.372. The fourth-order valence-corrected chi connectivity index (χ4v) is 4.62. The van der Waals surface area contributed by atoms with E-state index >= 15 is 0 Å². The maximum Gasteiger partial charge on any atom is 0.252 e. The molecule has 0 amide bonds. The molecule has 1 saturated heterocycles. The van der Waals surface area contributed by atoms with Gasteiger partial charge in [0.05, 0.1) is 6.10 Å². The smallest absolute Gasteiger partial charge is 0.252 e. The Morgan fingerprint density at radius 3 is 2.67 bits per heavy atom. The van der Waals surface area contributed by atoms with Crippen LogP contribution in [0.5, 0.6) is 0 Å². The minimum absolute atomic E-state index is 0.149. The number of ether oxygens (including phenoxy) is 1. The van der Waals surface area contributed by atoms with Gasteiger partial charge in [-0.2, -0.15) is 9.29 Å². The lowest BCUT2D eigenvalue weighted by Crippen LogP contribution is -2.43. The number of rotatable bonds is 5. The van der Waals surface area contributed by atoms with Crippen LogP contribution in [0.1, 0.15) is 36.0 Å². The molecule has 1 aliphatic rings. The van der Waals surface area contributed by atoms with Crippen molar-refractivity contribution in [3.8, 4) is 0 Å². The SMILES string of the molecule is Cc1noc(COC2CCCN(S(=O)(=O)c3c(C)noc3C)C2)n1. The molecule has 1 fully saturated rings. The molecule has 1 atom stereocenters. The van der Waals surface area contributed by atoms with E-state index in [2.05, 4.69) is 15.3 Å². The molecule has 9 nitrogen and oxygen atoms in total. The molecule has 0 N–H and O–H groups in total. The Morgan fingerprint density at radius 1 is 1.25 bits per heavy atom. The lowest BCUT2D eigenvalue weighted by molar-refractivity contribution is -0.00298. The predicted octanol–water partition coefficient (Wildman–Crippen LogP) is 1.35. The highest BCUT2D eigenvalue weighted by Gasteiger charge is 2.34. The minimum Gasteiger partial charge on any atom is -0.367 e. The summed E-state index contributed by atoms with van der Waals surface area (Å²) in [7, 11) is -3.65. The molecule has 24 heavy (non-hydrogen) atoms. The van der Waals surface area contributed by atoms with Crippen LogP contribution in [0.4, 0.5) is 0 Å². The van der Waals surface area contributed by atoms with Crippen molar-refractivity contribution in [2.45, 2.75) is 51.2 Å². The molecule has 3 rings (SSSR count). The van der Waals surface area contributed by atoms with Crippen LogP contribution in [-0.4, -0.2) is 47.2 Å². The third-order valence-electron chi connectivity index (χ3n) is 3.92. The third-order valence-corrected chi connectivity index (χ3v) is 6.03. The summed E-state index contributed by atoms with van der Waals surface area (Å²) >= 11 is 0. The van der Waals surface area contributed by atoms with Crippen LogP contribution in [0.25, 0.3) is 0 Å². The summed E-state index contributed by atoms with van der Waals surface area (Å²) in [6.45, 7) is 5.85. The Balaban J connectivity index is 1.69. The Morgan fingerprint density at radius 2 is 2.04 bits per heavy atom. The monoisotopic (exact) mass is 356 g/mol. The van der Waals surface area contributed by atoms with Crippen molar-refractivity contribution in [1.82, 2.24) is 19.6 Å². The van der Waals surface area contributed by atoms with Crippen molar-refractivity contribution >= 4 is 10.0 Å². The zero-order valence-corrected chi connectivity index (χ0v) is 14.7. The molecule has 1 unspecified atom stereocenters. The highest BCUT2D eigenvalue weighted by atomic mass is 32.2. The fraction of sp³-hybridized carbons (Fsp3) is 0.643. The maximum atomic E-state index is 12.8. The highest BCUT2D eigenvalue weighted by Crippen LogP contribution is 2.26. The van der Waals surface area contributed by atoms with Crippen molar-refractivity contribution in [3.05, 3.63) is 23.2 Å². The molecule has 2 aromatic heterocycles. The lowest BCUT2D eigenvalue weighted by Gasteiger charge is -2.31. The van der Waals surface area contributed by atoms with Gasteiger partial charge in [-0.3, -0.25) is 0 Å². The van der Waals surface area contributed by atoms with Crippen LogP contribution in [0.2, 0.25) is 0 Å². The van der Waals surface area contributed by atoms with Crippen molar-refractivity contribution in [3.63, 3.8) is 0 Å². The molecule has 10 heteroatoms. The normalized spacial score (nSPS) is 19.7. The summed E-state index contributed by atoms with van der Waals surface area (Å²) < 4.78 is 42.8. The largest absolute Gasteiger partial charge is 0.367 e. The molecule has 1 aliphatic heterocycles. The predicted molar refractivity (Wildman–Crippen MR) is 81.6 cm³/mol.